The third-order valence-corrected chi connectivity index (χ3v) is 2.74. The molecule has 0 aliphatic carbocycles. The molecule has 0 aliphatic heterocycles. The van der Waals surface area contributed by atoms with Gasteiger partial charge in [0.2, 0.25) is 0 Å². The molecule has 0 spiro atoms. The molecule has 1 radical (unpaired) electrons. The quantitative estimate of drug-likeness (QED) is 0.615. The van der Waals surface area contributed by atoms with Crippen LogP contribution in [0.1, 0.15) is 33.6 Å². The van der Waals surface area contributed by atoms with Crippen molar-refractivity contribution in [1.82, 2.24) is 0 Å². The molecule has 0 fully saturated rings. The van der Waals surface area contributed by atoms with Gasteiger partial charge in [-0.05, 0) is 24.9 Å². The van der Waals surface area contributed by atoms with Crippen molar-refractivity contribution >= 4 is 9.04 Å². The summed E-state index contributed by atoms with van der Waals surface area (Å²) in [7, 11) is -0.888. The second kappa shape index (κ2) is 5.03. The second-order valence-electron chi connectivity index (χ2n) is 4.68. The predicted molar refractivity (Wildman–Crippen MR) is 57.8 cm³/mol. The molecule has 1 nitrogen and oxygen atoms in total. The molecule has 0 aromatic heterocycles. The van der Waals surface area contributed by atoms with Crippen LogP contribution in [0.2, 0.25) is 13.1 Å². The molecule has 1 atom stereocenters. The monoisotopic (exact) mass is 187 g/mol. The fourth-order valence-corrected chi connectivity index (χ4v) is 2.42. The van der Waals surface area contributed by atoms with Crippen LogP contribution in [-0.2, 0) is 4.43 Å². The van der Waals surface area contributed by atoms with Crippen molar-refractivity contribution in [1.29, 1.82) is 0 Å². The molecule has 0 saturated heterocycles. The van der Waals surface area contributed by atoms with Crippen LogP contribution in [0.5, 0.6) is 0 Å². The first kappa shape index (κ1) is 12.2. The molecule has 2 heteroatoms. The first-order valence-corrected chi connectivity index (χ1v) is 7.60. The maximum atomic E-state index is 5.95. The summed E-state index contributed by atoms with van der Waals surface area (Å²) in [5, 5.41) is 0. The minimum atomic E-state index is -0.888. The molecule has 0 aliphatic rings. The van der Waals surface area contributed by atoms with Crippen molar-refractivity contribution in [2.24, 2.45) is 5.41 Å². The minimum Gasteiger partial charge on any atom is -0.417 e. The predicted octanol–water partition coefficient (Wildman–Crippen LogP) is 3.02. The molecule has 0 aromatic carbocycles. The highest BCUT2D eigenvalue weighted by Crippen LogP contribution is 2.26. The molecule has 73 valence electrons. The Bertz CT molecular complexity index is 115. The van der Waals surface area contributed by atoms with E-state index in [1.54, 1.807) is 0 Å². The van der Waals surface area contributed by atoms with E-state index in [-0.39, 0.29) is 5.41 Å². The third-order valence-electron chi connectivity index (χ3n) is 1.87. The van der Waals surface area contributed by atoms with Gasteiger partial charge in [-0.2, -0.15) is 0 Å². The Morgan fingerprint density at radius 3 is 2.08 bits per heavy atom. The molecule has 0 saturated carbocycles. The summed E-state index contributed by atoms with van der Waals surface area (Å²) in [6.45, 7) is 15.1. The van der Waals surface area contributed by atoms with Crippen LogP contribution in [-0.4, -0.2) is 15.1 Å². The van der Waals surface area contributed by atoms with E-state index in [1.165, 1.54) is 0 Å². The highest BCUT2D eigenvalue weighted by molar-refractivity contribution is 6.48. The van der Waals surface area contributed by atoms with Crippen LogP contribution < -0.4 is 0 Å². The minimum absolute atomic E-state index is 0.273. The van der Waals surface area contributed by atoms with E-state index in [0.29, 0.717) is 6.10 Å². The van der Waals surface area contributed by atoms with Gasteiger partial charge in [0.05, 0.1) is 0 Å². The molecule has 0 heterocycles. The van der Waals surface area contributed by atoms with Crippen molar-refractivity contribution in [2.75, 3.05) is 0 Å². The largest absolute Gasteiger partial charge is 0.417 e. The summed E-state index contributed by atoms with van der Waals surface area (Å²) in [6, 6.07) is 0. The van der Waals surface area contributed by atoms with Crippen LogP contribution in [0.4, 0.5) is 0 Å². The van der Waals surface area contributed by atoms with Gasteiger partial charge in [-0.1, -0.05) is 34.1 Å². The summed E-state index contributed by atoms with van der Waals surface area (Å²) in [6.07, 6.45) is 2.47. The first-order valence-electron chi connectivity index (χ1n) is 4.82. The maximum absolute atomic E-state index is 5.95. The van der Waals surface area contributed by atoms with Crippen LogP contribution in [0, 0.1) is 12.3 Å². The number of hydrogen-bond donors (Lipinski definition) is 0. The molecule has 0 amide bonds. The van der Waals surface area contributed by atoms with Gasteiger partial charge in [0.1, 0.15) is 0 Å². The van der Waals surface area contributed by atoms with Gasteiger partial charge < -0.3 is 4.43 Å². The Morgan fingerprint density at radius 1 is 1.33 bits per heavy atom. The van der Waals surface area contributed by atoms with Crippen molar-refractivity contribution in [3.05, 3.63) is 6.92 Å². The summed E-state index contributed by atoms with van der Waals surface area (Å²) in [4.78, 5) is 0. The molecule has 0 N–H and O–H groups in total. The second-order valence-corrected chi connectivity index (χ2v) is 7.05. The van der Waals surface area contributed by atoms with E-state index in [4.69, 9.17) is 4.43 Å². The fourth-order valence-electron chi connectivity index (χ4n) is 1.22. The molecular formula is C10H23OSi. The van der Waals surface area contributed by atoms with Gasteiger partial charge in [-0.3, -0.25) is 0 Å². The molecule has 0 rings (SSSR count). The lowest BCUT2D eigenvalue weighted by Crippen LogP contribution is -2.32. The summed E-state index contributed by atoms with van der Waals surface area (Å²) in [5.74, 6) is 0. The van der Waals surface area contributed by atoms with E-state index in [2.05, 4.69) is 40.8 Å². The lowest BCUT2D eigenvalue weighted by molar-refractivity contribution is 0.0793. The molecule has 0 aromatic rings. The maximum Gasteiger partial charge on any atom is 0.171 e. The van der Waals surface area contributed by atoms with E-state index >= 15 is 0 Å². The third kappa shape index (κ3) is 4.94. The topological polar surface area (TPSA) is 9.23 Å². The Kier molecular flexibility index (Phi) is 5.10. The summed E-state index contributed by atoms with van der Waals surface area (Å²) >= 11 is 0. The van der Waals surface area contributed by atoms with Crippen molar-refractivity contribution in [3.8, 4) is 0 Å². The molecule has 0 bridgehead atoms. The van der Waals surface area contributed by atoms with Crippen molar-refractivity contribution in [2.45, 2.75) is 52.8 Å². The van der Waals surface area contributed by atoms with Gasteiger partial charge in [-0.15, -0.1) is 0 Å². The van der Waals surface area contributed by atoms with E-state index in [9.17, 15) is 0 Å². The zero-order valence-corrected chi connectivity index (χ0v) is 10.3. The van der Waals surface area contributed by atoms with Crippen LogP contribution in [0.25, 0.3) is 0 Å². The normalized spacial score (nSPS) is 15.2. The smallest absolute Gasteiger partial charge is 0.171 e. The summed E-state index contributed by atoms with van der Waals surface area (Å²) in [5.41, 5.74) is 0.273. The SMILES string of the molecule is [CH2]CCC(O[SiH](C)C)C(C)(C)C. The zero-order valence-electron chi connectivity index (χ0n) is 9.18. The van der Waals surface area contributed by atoms with Gasteiger partial charge >= 0.3 is 0 Å². The first-order chi connectivity index (χ1) is 5.38. The van der Waals surface area contributed by atoms with E-state index in [0.717, 1.165) is 12.8 Å². The lowest BCUT2D eigenvalue weighted by Gasteiger charge is -2.32. The van der Waals surface area contributed by atoms with Gasteiger partial charge in [0.15, 0.2) is 9.04 Å². The Hall–Kier alpha value is 0.177. The van der Waals surface area contributed by atoms with Crippen LogP contribution in [0.3, 0.4) is 0 Å². The van der Waals surface area contributed by atoms with Gasteiger partial charge in [-0.25, -0.2) is 0 Å². The average molecular weight is 187 g/mol. The highest BCUT2D eigenvalue weighted by atomic mass is 28.3. The van der Waals surface area contributed by atoms with Gasteiger partial charge in [0.25, 0.3) is 0 Å². The molecular weight excluding hydrogens is 164 g/mol. The lowest BCUT2D eigenvalue weighted by atomic mass is 9.87. The Morgan fingerprint density at radius 2 is 1.83 bits per heavy atom. The van der Waals surface area contributed by atoms with Crippen molar-refractivity contribution < 1.29 is 4.43 Å². The van der Waals surface area contributed by atoms with Crippen LogP contribution in [0.15, 0.2) is 0 Å². The molecule has 1 unspecified atom stereocenters. The fraction of sp³-hybridized carbons (Fsp3) is 0.900. The van der Waals surface area contributed by atoms with Gasteiger partial charge in [0, 0.05) is 6.10 Å². The van der Waals surface area contributed by atoms with E-state index < -0.39 is 9.04 Å². The van der Waals surface area contributed by atoms with E-state index in [1.807, 2.05) is 0 Å². The number of rotatable bonds is 4. The Labute approximate surface area is 79.2 Å². The standard InChI is InChI=1S/C10H23OSi/c1-7-8-9(10(2,3)4)11-12(5)6/h9,12H,1,7-8H2,2-6H3. The highest BCUT2D eigenvalue weighted by Gasteiger charge is 2.24. The summed E-state index contributed by atoms with van der Waals surface area (Å²) < 4.78 is 5.95. The zero-order chi connectivity index (χ0) is 9.78. The molecule has 12 heavy (non-hydrogen) atoms. The number of hydrogen-bond acceptors (Lipinski definition) is 1. The van der Waals surface area contributed by atoms with Crippen molar-refractivity contribution in [3.63, 3.8) is 0 Å². The average Bonchev–Trinajstić information content (AvgIpc) is 1.83. The van der Waals surface area contributed by atoms with Crippen LogP contribution >= 0.6 is 0 Å². The Balaban J connectivity index is 4.04.